The Balaban J connectivity index is 0.965. The summed E-state index contributed by atoms with van der Waals surface area (Å²) >= 11 is 0. The van der Waals surface area contributed by atoms with Crippen molar-refractivity contribution < 1.29 is 0 Å². The van der Waals surface area contributed by atoms with E-state index in [9.17, 15) is 0 Å². The van der Waals surface area contributed by atoms with Crippen LogP contribution in [0.5, 0.6) is 0 Å². The minimum atomic E-state index is -0.505. The third-order valence-electron chi connectivity index (χ3n) is 16.4. The van der Waals surface area contributed by atoms with Crippen molar-refractivity contribution in [1.29, 1.82) is 0 Å². The maximum atomic E-state index is 2.54. The first-order chi connectivity index (χ1) is 35.5. The Hall–Kier alpha value is -8.98. The quantitative estimate of drug-likeness (QED) is 0.161. The van der Waals surface area contributed by atoms with Gasteiger partial charge in [0.15, 0.2) is 0 Å². The number of aromatic nitrogens is 1. The van der Waals surface area contributed by atoms with Crippen molar-refractivity contribution in [3.63, 3.8) is 0 Å². The molecule has 3 aliphatic rings. The molecule has 0 aliphatic heterocycles. The standard InChI is InChI=1S/C70H48N2/c1-69(2)59-30-16-13-28-56(59)67-62(69)37-38-63-68(67)57-29-14-18-32-61(57)70(63)60-31-17-12-26-53(60)54-36-34-46(43-64(54)70)48-40-47(45-20-6-3-7-21-45)41-52(42-48)71(49-22-8-4-9-23-49)51-35-39-66-58(44-51)55-27-15-19-33-65(55)72(66)50-24-10-5-11-25-50/h3-44H,1-2H3. The van der Waals surface area contributed by atoms with Gasteiger partial charge in [-0.25, -0.2) is 0 Å². The van der Waals surface area contributed by atoms with Gasteiger partial charge in [-0.15, -0.1) is 0 Å². The number of nitrogens with zero attached hydrogens (tertiary/aromatic N) is 2. The SMILES string of the molecule is CC1(C)c2ccccc2-c2c1ccc1c2-c2ccccc2C12c1ccccc1-c1ccc(-c3cc(-c4ccccc4)cc(N(c4ccccc4)c4ccc5c(c4)c4ccccc4n5-c4ccccc4)c3)cc12. The minimum absolute atomic E-state index is 0.105. The second kappa shape index (κ2) is 15.3. The largest absolute Gasteiger partial charge is 0.310 e. The molecule has 338 valence electrons. The van der Waals surface area contributed by atoms with Crippen LogP contribution in [0.3, 0.4) is 0 Å². The molecule has 0 saturated carbocycles. The minimum Gasteiger partial charge on any atom is -0.310 e. The number of hydrogen-bond donors (Lipinski definition) is 0. The van der Waals surface area contributed by atoms with Crippen LogP contribution >= 0.6 is 0 Å². The van der Waals surface area contributed by atoms with Crippen molar-refractivity contribution in [3.05, 3.63) is 288 Å². The molecule has 11 aromatic carbocycles. The van der Waals surface area contributed by atoms with Crippen LogP contribution in [0, 0.1) is 0 Å². The molecule has 1 atom stereocenters. The van der Waals surface area contributed by atoms with Gasteiger partial charge < -0.3 is 9.47 Å². The van der Waals surface area contributed by atoms with E-state index >= 15 is 0 Å². The fourth-order valence-electron chi connectivity index (χ4n) is 13.3. The Kier molecular flexibility index (Phi) is 8.66. The lowest BCUT2D eigenvalue weighted by atomic mass is 9.69. The van der Waals surface area contributed by atoms with E-state index in [1.165, 1.54) is 105 Å². The Morgan fingerprint density at radius 2 is 0.861 bits per heavy atom. The smallest absolute Gasteiger partial charge is 0.0725 e. The van der Waals surface area contributed by atoms with Crippen molar-refractivity contribution >= 4 is 38.9 Å². The average molecular weight is 917 g/mol. The Morgan fingerprint density at radius 3 is 1.62 bits per heavy atom. The van der Waals surface area contributed by atoms with E-state index < -0.39 is 5.41 Å². The third kappa shape index (κ3) is 5.61. The summed E-state index contributed by atoms with van der Waals surface area (Å²) in [5, 5.41) is 2.44. The third-order valence-corrected chi connectivity index (χ3v) is 16.4. The molecule has 0 bridgehead atoms. The predicted octanol–water partition coefficient (Wildman–Crippen LogP) is 18.2. The molecule has 1 aromatic heterocycles. The summed E-state index contributed by atoms with van der Waals surface area (Å²) in [6, 6.07) is 95.2. The maximum absolute atomic E-state index is 2.54. The van der Waals surface area contributed by atoms with Gasteiger partial charge in [-0.1, -0.05) is 196 Å². The highest BCUT2D eigenvalue weighted by atomic mass is 15.1. The summed E-state index contributed by atoms with van der Waals surface area (Å²) in [7, 11) is 0. The summed E-state index contributed by atoms with van der Waals surface area (Å²) < 4.78 is 2.39. The number of benzene rings is 11. The van der Waals surface area contributed by atoms with Gasteiger partial charge in [0.05, 0.1) is 16.4 Å². The summed E-state index contributed by atoms with van der Waals surface area (Å²) in [5.41, 5.74) is 27.2. The van der Waals surface area contributed by atoms with Crippen LogP contribution in [0.1, 0.15) is 47.2 Å². The topological polar surface area (TPSA) is 8.17 Å². The van der Waals surface area contributed by atoms with Crippen LogP contribution in [0.2, 0.25) is 0 Å². The highest BCUT2D eigenvalue weighted by Crippen LogP contribution is 2.66. The van der Waals surface area contributed by atoms with E-state index in [4.69, 9.17) is 0 Å². The number of rotatable bonds is 6. The Morgan fingerprint density at radius 1 is 0.306 bits per heavy atom. The van der Waals surface area contributed by atoms with Crippen molar-refractivity contribution in [3.8, 4) is 61.3 Å². The summed E-state index contributed by atoms with van der Waals surface area (Å²) in [6.07, 6.45) is 0. The predicted molar refractivity (Wildman–Crippen MR) is 300 cm³/mol. The van der Waals surface area contributed by atoms with E-state index in [-0.39, 0.29) is 5.41 Å². The number of para-hydroxylation sites is 3. The van der Waals surface area contributed by atoms with Crippen LogP contribution in [0.25, 0.3) is 83.1 Å². The molecule has 0 radical (unpaired) electrons. The van der Waals surface area contributed by atoms with E-state index in [1.54, 1.807) is 0 Å². The highest BCUT2D eigenvalue weighted by molar-refractivity contribution is 6.11. The van der Waals surface area contributed by atoms with Gasteiger partial charge in [-0.2, -0.15) is 0 Å². The average Bonchev–Trinajstić information content (AvgIpc) is 4.12. The summed E-state index contributed by atoms with van der Waals surface area (Å²) in [6.45, 7) is 4.79. The molecule has 2 heteroatoms. The molecule has 2 nitrogen and oxygen atoms in total. The zero-order chi connectivity index (χ0) is 47.7. The van der Waals surface area contributed by atoms with E-state index in [0.717, 1.165) is 28.3 Å². The van der Waals surface area contributed by atoms with Crippen LogP contribution < -0.4 is 4.90 Å². The Labute approximate surface area is 420 Å². The van der Waals surface area contributed by atoms with Gasteiger partial charge in [-0.05, 0) is 162 Å². The number of anilines is 3. The van der Waals surface area contributed by atoms with E-state index in [0.29, 0.717) is 0 Å². The molecule has 3 aliphatic carbocycles. The molecule has 72 heavy (non-hydrogen) atoms. The first-order valence-electron chi connectivity index (χ1n) is 25.3. The fraction of sp³-hybridized carbons (Fsp3) is 0.0571. The second-order valence-electron chi connectivity index (χ2n) is 20.4. The molecule has 1 unspecified atom stereocenters. The monoisotopic (exact) mass is 916 g/mol. The van der Waals surface area contributed by atoms with Crippen LogP contribution in [-0.4, -0.2) is 4.57 Å². The Bertz CT molecular complexity index is 4180. The molecule has 15 rings (SSSR count). The zero-order valence-corrected chi connectivity index (χ0v) is 40.1. The molecule has 12 aromatic rings. The van der Waals surface area contributed by atoms with Gasteiger partial charge in [-0.3, -0.25) is 0 Å². The lowest BCUT2D eigenvalue weighted by Gasteiger charge is -2.31. The summed E-state index contributed by atoms with van der Waals surface area (Å²) in [4.78, 5) is 2.44. The molecule has 1 heterocycles. The molecule has 0 amide bonds. The fourth-order valence-corrected chi connectivity index (χ4v) is 13.3. The van der Waals surface area contributed by atoms with Crippen molar-refractivity contribution in [2.45, 2.75) is 24.7 Å². The molecule has 0 N–H and O–H groups in total. The molecule has 0 fully saturated rings. The lowest BCUT2D eigenvalue weighted by molar-refractivity contribution is 0.660. The van der Waals surface area contributed by atoms with Gasteiger partial charge in [0.25, 0.3) is 0 Å². The lowest BCUT2D eigenvalue weighted by Crippen LogP contribution is -2.26. The highest BCUT2D eigenvalue weighted by Gasteiger charge is 2.53. The van der Waals surface area contributed by atoms with E-state index in [2.05, 4.69) is 278 Å². The number of fused-ring (bicyclic) bond motifs is 17. The van der Waals surface area contributed by atoms with Crippen LogP contribution in [-0.2, 0) is 10.8 Å². The van der Waals surface area contributed by atoms with Crippen LogP contribution in [0.15, 0.2) is 255 Å². The number of hydrogen-bond acceptors (Lipinski definition) is 1. The van der Waals surface area contributed by atoms with Crippen molar-refractivity contribution in [2.75, 3.05) is 4.90 Å². The van der Waals surface area contributed by atoms with Gasteiger partial charge in [0, 0.05) is 38.9 Å². The van der Waals surface area contributed by atoms with E-state index in [1.807, 2.05) is 0 Å². The first-order valence-corrected chi connectivity index (χ1v) is 25.3. The normalized spacial score (nSPS) is 15.2. The van der Waals surface area contributed by atoms with Gasteiger partial charge in [0.2, 0.25) is 0 Å². The molecular formula is C70H48N2. The first kappa shape index (κ1) is 40.9. The second-order valence-corrected chi connectivity index (χ2v) is 20.4. The molecular weight excluding hydrogens is 869 g/mol. The van der Waals surface area contributed by atoms with Gasteiger partial charge >= 0.3 is 0 Å². The molecule has 0 saturated heterocycles. The zero-order valence-electron chi connectivity index (χ0n) is 40.1. The maximum Gasteiger partial charge on any atom is 0.0725 e. The van der Waals surface area contributed by atoms with Crippen LogP contribution in [0.4, 0.5) is 17.1 Å². The summed E-state index contributed by atoms with van der Waals surface area (Å²) in [5.74, 6) is 0. The van der Waals surface area contributed by atoms with Crippen molar-refractivity contribution in [1.82, 2.24) is 4.57 Å². The molecule has 1 spiro atoms. The van der Waals surface area contributed by atoms with Crippen molar-refractivity contribution in [2.24, 2.45) is 0 Å². The van der Waals surface area contributed by atoms with Gasteiger partial charge in [0.1, 0.15) is 0 Å².